The number of anilines is 2. The molecule has 1 saturated heterocycles. The second-order valence-corrected chi connectivity index (χ2v) is 7.64. The predicted octanol–water partition coefficient (Wildman–Crippen LogP) is 4.00. The molecule has 0 radical (unpaired) electrons. The van der Waals surface area contributed by atoms with E-state index in [4.69, 9.17) is 16.3 Å². The Kier molecular flexibility index (Phi) is 7.11. The number of nitrogens with one attached hydrogen (secondary N) is 1. The van der Waals surface area contributed by atoms with Crippen molar-refractivity contribution in [2.75, 3.05) is 23.4 Å². The summed E-state index contributed by atoms with van der Waals surface area (Å²) >= 11 is 5.99. The van der Waals surface area contributed by atoms with Gasteiger partial charge in [0.1, 0.15) is 0 Å². The van der Waals surface area contributed by atoms with Gasteiger partial charge in [-0.25, -0.2) is 0 Å². The summed E-state index contributed by atoms with van der Waals surface area (Å²) in [5.74, 6) is -1.73. The molecule has 2 aromatic rings. The zero-order valence-electron chi connectivity index (χ0n) is 17.1. The topological polar surface area (TPSA) is 75.7 Å². The Bertz CT molecular complexity index is 938. The van der Waals surface area contributed by atoms with Crippen LogP contribution in [0.2, 0.25) is 5.02 Å². The molecule has 2 aromatic carbocycles. The first-order valence-electron chi connectivity index (χ1n) is 10.1. The van der Waals surface area contributed by atoms with Gasteiger partial charge in [-0.1, -0.05) is 49.7 Å². The standard InChI is InChI=1S/C23H25ClN2O4/c1-3-15-7-5-8-16(4-2)22(15)25-20(27)14-30-23(29)17-11-21(28)26(13-17)19-10-6-9-18(24)12-19/h5-10,12,17H,3-4,11,13-14H2,1-2H3,(H,25,27)/t17-/m0/s1. The second kappa shape index (κ2) is 9.76. The Morgan fingerprint density at radius 2 is 1.80 bits per heavy atom. The quantitative estimate of drug-likeness (QED) is 0.676. The lowest BCUT2D eigenvalue weighted by Gasteiger charge is -2.17. The van der Waals surface area contributed by atoms with Crippen molar-refractivity contribution >= 4 is 40.8 Å². The van der Waals surface area contributed by atoms with Crippen molar-refractivity contribution < 1.29 is 19.1 Å². The highest BCUT2D eigenvalue weighted by Crippen LogP contribution is 2.28. The van der Waals surface area contributed by atoms with E-state index < -0.39 is 17.8 Å². The van der Waals surface area contributed by atoms with E-state index in [1.165, 1.54) is 4.90 Å². The molecule has 1 atom stereocenters. The average Bonchev–Trinajstić information content (AvgIpc) is 3.14. The molecule has 7 heteroatoms. The van der Waals surface area contributed by atoms with Crippen molar-refractivity contribution in [3.63, 3.8) is 0 Å². The zero-order chi connectivity index (χ0) is 21.7. The minimum absolute atomic E-state index is 0.0472. The fourth-order valence-corrected chi connectivity index (χ4v) is 3.78. The van der Waals surface area contributed by atoms with Crippen LogP contribution in [0, 0.1) is 5.92 Å². The molecule has 0 bridgehead atoms. The molecule has 0 aromatic heterocycles. The van der Waals surface area contributed by atoms with Crippen LogP contribution >= 0.6 is 11.6 Å². The number of halogens is 1. The van der Waals surface area contributed by atoms with Gasteiger partial charge in [0.2, 0.25) is 5.91 Å². The van der Waals surface area contributed by atoms with Crippen molar-refractivity contribution in [3.05, 3.63) is 58.6 Å². The molecule has 1 aliphatic rings. The predicted molar refractivity (Wildman–Crippen MR) is 117 cm³/mol. The van der Waals surface area contributed by atoms with Gasteiger partial charge in [0.15, 0.2) is 6.61 Å². The third-order valence-corrected chi connectivity index (χ3v) is 5.42. The van der Waals surface area contributed by atoms with Gasteiger partial charge in [0, 0.05) is 29.4 Å². The molecular weight excluding hydrogens is 404 g/mol. The van der Waals surface area contributed by atoms with E-state index in [2.05, 4.69) is 5.32 Å². The van der Waals surface area contributed by atoms with Crippen molar-refractivity contribution in [2.45, 2.75) is 33.1 Å². The summed E-state index contributed by atoms with van der Waals surface area (Å²) < 4.78 is 5.21. The van der Waals surface area contributed by atoms with Gasteiger partial charge in [-0.3, -0.25) is 14.4 Å². The monoisotopic (exact) mass is 428 g/mol. The molecule has 158 valence electrons. The molecular formula is C23H25ClN2O4. The number of carbonyl (C=O) groups is 3. The van der Waals surface area contributed by atoms with Crippen molar-refractivity contribution in [2.24, 2.45) is 5.92 Å². The molecule has 3 rings (SSSR count). The maximum atomic E-state index is 12.4. The number of rotatable bonds is 7. The van der Waals surface area contributed by atoms with E-state index in [-0.39, 0.29) is 25.5 Å². The first kappa shape index (κ1) is 21.8. The summed E-state index contributed by atoms with van der Waals surface area (Å²) in [6.07, 6.45) is 1.62. The number of para-hydroxylation sites is 1. The SMILES string of the molecule is CCc1cccc(CC)c1NC(=O)COC(=O)[C@H]1CC(=O)N(c2cccc(Cl)c2)C1. The smallest absolute Gasteiger partial charge is 0.311 e. The van der Waals surface area contributed by atoms with Crippen LogP contribution in [0.15, 0.2) is 42.5 Å². The van der Waals surface area contributed by atoms with Crippen molar-refractivity contribution in [1.29, 1.82) is 0 Å². The minimum Gasteiger partial charge on any atom is -0.455 e. The molecule has 0 unspecified atom stereocenters. The van der Waals surface area contributed by atoms with Crippen LogP contribution in [0.4, 0.5) is 11.4 Å². The highest BCUT2D eigenvalue weighted by molar-refractivity contribution is 6.31. The summed E-state index contributed by atoms with van der Waals surface area (Å²) in [7, 11) is 0. The van der Waals surface area contributed by atoms with Crippen LogP contribution in [0.5, 0.6) is 0 Å². The lowest BCUT2D eigenvalue weighted by Crippen LogP contribution is -2.28. The van der Waals surface area contributed by atoms with Gasteiger partial charge in [-0.05, 0) is 42.2 Å². The van der Waals surface area contributed by atoms with Crippen LogP contribution in [-0.4, -0.2) is 30.9 Å². The molecule has 30 heavy (non-hydrogen) atoms. The van der Waals surface area contributed by atoms with E-state index >= 15 is 0 Å². The Balaban J connectivity index is 1.57. The third kappa shape index (κ3) is 5.00. The number of nitrogens with zero attached hydrogens (tertiary/aromatic N) is 1. The van der Waals surface area contributed by atoms with Crippen LogP contribution in [0.1, 0.15) is 31.4 Å². The number of benzene rings is 2. The number of amides is 2. The van der Waals surface area contributed by atoms with Gasteiger partial charge in [0.25, 0.3) is 5.91 Å². The average molecular weight is 429 g/mol. The molecule has 1 heterocycles. The van der Waals surface area contributed by atoms with E-state index in [1.54, 1.807) is 24.3 Å². The fraction of sp³-hybridized carbons (Fsp3) is 0.348. The van der Waals surface area contributed by atoms with Gasteiger partial charge in [0.05, 0.1) is 5.92 Å². The van der Waals surface area contributed by atoms with Crippen molar-refractivity contribution in [1.82, 2.24) is 0 Å². The van der Waals surface area contributed by atoms with E-state index in [0.29, 0.717) is 10.7 Å². The van der Waals surface area contributed by atoms with Gasteiger partial charge in [-0.2, -0.15) is 0 Å². The second-order valence-electron chi connectivity index (χ2n) is 7.20. The first-order chi connectivity index (χ1) is 14.4. The number of esters is 1. The largest absolute Gasteiger partial charge is 0.455 e. The highest BCUT2D eigenvalue weighted by Gasteiger charge is 2.36. The minimum atomic E-state index is -0.613. The summed E-state index contributed by atoms with van der Waals surface area (Å²) in [5.41, 5.74) is 3.50. The number of aryl methyl sites for hydroxylation is 2. The van der Waals surface area contributed by atoms with E-state index in [0.717, 1.165) is 29.7 Å². The van der Waals surface area contributed by atoms with Gasteiger partial charge >= 0.3 is 5.97 Å². The Morgan fingerprint density at radius 1 is 1.13 bits per heavy atom. The maximum absolute atomic E-state index is 12.4. The zero-order valence-corrected chi connectivity index (χ0v) is 17.9. The lowest BCUT2D eigenvalue weighted by atomic mass is 10.0. The Labute approximate surface area is 181 Å². The number of hydrogen-bond donors (Lipinski definition) is 1. The van der Waals surface area contributed by atoms with Gasteiger partial charge < -0.3 is 15.0 Å². The normalized spacial score (nSPS) is 15.9. The van der Waals surface area contributed by atoms with Gasteiger partial charge in [-0.15, -0.1) is 0 Å². The Hall–Kier alpha value is -2.86. The van der Waals surface area contributed by atoms with E-state index in [9.17, 15) is 14.4 Å². The third-order valence-electron chi connectivity index (χ3n) is 5.19. The van der Waals surface area contributed by atoms with Crippen LogP contribution in [0.3, 0.4) is 0 Å². The summed E-state index contributed by atoms with van der Waals surface area (Å²) in [6.45, 7) is 3.86. The summed E-state index contributed by atoms with van der Waals surface area (Å²) in [4.78, 5) is 38.6. The molecule has 1 N–H and O–H groups in total. The number of carbonyl (C=O) groups excluding carboxylic acids is 3. The summed E-state index contributed by atoms with van der Waals surface area (Å²) in [5, 5.41) is 3.38. The molecule has 2 amide bonds. The maximum Gasteiger partial charge on any atom is 0.311 e. The molecule has 0 saturated carbocycles. The van der Waals surface area contributed by atoms with Crippen molar-refractivity contribution in [3.8, 4) is 0 Å². The lowest BCUT2D eigenvalue weighted by molar-refractivity contribution is -0.151. The van der Waals surface area contributed by atoms with Crippen LogP contribution < -0.4 is 10.2 Å². The molecule has 0 aliphatic carbocycles. The molecule has 1 fully saturated rings. The fourth-order valence-electron chi connectivity index (χ4n) is 3.59. The number of hydrogen-bond acceptors (Lipinski definition) is 4. The van der Waals surface area contributed by atoms with Crippen LogP contribution in [-0.2, 0) is 32.0 Å². The summed E-state index contributed by atoms with van der Waals surface area (Å²) in [6, 6.07) is 12.8. The van der Waals surface area contributed by atoms with Crippen LogP contribution in [0.25, 0.3) is 0 Å². The van der Waals surface area contributed by atoms with E-state index in [1.807, 2.05) is 32.0 Å². The first-order valence-corrected chi connectivity index (χ1v) is 10.4. The molecule has 0 spiro atoms. The number of ether oxygens (including phenoxy) is 1. The Morgan fingerprint density at radius 3 is 2.43 bits per heavy atom. The molecule has 6 nitrogen and oxygen atoms in total. The molecule has 1 aliphatic heterocycles. The highest BCUT2D eigenvalue weighted by atomic mass is 35.5.